The summed E-state index contributed by atoms with van der Waals surface area (Å²) in [6.07, 6.45) is 1.33. The summed E-state index contributed by atoms with van der Waals surface area (Å²) in [5.41, 5.74) is 4.25. The second-order valence-electron chi connectivity index (χ2n) is 6.50. The van der Waals surface area contributed by atoms with Gasteiger partial charge in [0.05, 0.1) is 0 Å². The van der Waals surface area contributed by atoms with Gasteiger partial charge in [-0.25, -0.2) is 0 Å². The van der Waals surface area contributed by atoms with Crippen molar-refractivity contribution >= 4 is 5.69 Å². The molecule has 1 unspecified atom stereocenters. The van der Waals surface area contributed by atoms with Gasteiger partial charge in [-0.15, -0.1) is 0 Å². The number of nitrogens with zero attached hydrogens (tertiary/aromatic N) is 1. The van der Waals surface area contributed by atoms with E-state index in [-0.39, 0.29) is 0 Å². The molecule has 1 aliphatic heterocycles. The fraction of sp³-hybridized carbons (Fsp3) is 0.647. The molecule has 1 aromatic carbocycles. The van der Waals surface area contributed by atoms with Gasteiger partial charge in [0.2, 0.25) is 0 Å². The Morgan fingerprint density at radius 3 is 2.79 bits per heavy atom. The lowest BCUT2D eigenvalue weighted by Crippen LogP contribution is -2.24. The maximum atomic E-state index is 3.58. The van der Waals surface area contributed by atoms with E-state index in [1.165, 1.54) is 36.3 Å². The van der Waals surface area contributed by atoms with Gasteiger partial charge < -0.3 is 10.2 Å². The summed E-state index contributed by atoms with van der Waals surface area (Å²) >= 11 is 0. The molecule has 1 N–H and O–H groups in total. The summed E-state index contributed by atoms with van der Waals surface area (Å²) in [6.45, 7) is 13.5. The number of nitrogens with one attached hydrogen (secondary N) is 1. The molecule has 19 heavy (non-hydrogen) atoms. The molecule has 0 radical (unpaired) electrons. The molecule has 2 nitrogen and oxygen atoms in total. The molecule has 2 rings (SSSR count). The third-order valence-corrected chi connectivity index (χ3v) is 3.87. The Morgan fingerprint density at radius 2 is 2.16 bits per heavy atom. The average molecular weight is 260 g/mol. The van der Waals surface area contributed by atoms with Gasteiger partial charge in [-0.1, -0.05) is 38.5 Å². The van der Waals surface area contributed by atoms with Crippen molar-refractivity contribution in [1.82, 2.24) is 5.32 Å². The Balaban J connectivity index is 2.09. The van der Waals surface area contributed by atoms with E-state index in [4.69, 9.17) is 0 Å². The van der Waals surface area contributed by atoms with Gasteiger partial charge in [0.1, 0.15) is 0 Å². The van der Waals surface area contributed by atoms with Gasteiger partial charge in [0.25, 0.3) is 0 Å². The van der Waals surface area contributed by atoms with Crippen molar-refractivity contribution in [2.45, 2.75) is 40.7 Å². The molecule has 0 aliphatic carbocycles. The zero-order chi connectivity index (χ0) is 13.8. The largest absolute Gasteiger partial charge is 0.371 e. The fourth-order valence-electron chi connectivity index (χ4n) is 2.81. The van der Waals surface area contributed by atoms with Crippen molar-refractivity contribution in [3.63, 3.8) is 0 Å². The summed E-state index contributed by atoms with van der Waals surface area (Å²) < 4.78 is 0. The minimum Gasteiger partial charge on any atom is -0.371 e. The molecule has 0 spiro atoms. The molecule has 2 heteroatoms. The molecule has 1 heterocycles. The van der Waals surface area contributed by atoms with Crippen molar-refractivity contribution < 1.29 is 0 Å². The topological polar surface area (TPSA) is 15.3 Å². The molecule has 1 fully saturated rings. The van der Waals surface area contributed by atoms with Gasteiger partial charge in [0.15, 0.2) is 0 Å². The Labute approximate surface area is 118 Å². The van der Waals surface area contributed by atoms with Crippen LogP contribution in [-0.2, 0) is 6.54 Å². The first-order valence-electron chi connectivity index (χ1n) is 7.61. The van der Waals surface area contributed by atoms with Gasteiger partial charge in [-0.05, 0) is 43.4 Å². The third-order valence-electron chi connectivity index (χ3n) is 3.87. The molecular weight excluding hydrogens is 232 g/mol. The Kier molecular flexibility index (Phi) is 4.87. The predicted molar refractivity (Wildman–Crippen MR) is 83.7 cm³/mol. The maximum absolute atomic E-state index is 3.58. The van der Waals surface area contributed by atoms with Crippen LogP contribution in [0.2, 0.25) is 0 Å². The van der Waals surface area contributed by atoms with Crippen LogP contribution < -0.4 is 10.2 Å². The maximum Gasteiger partial charge on any atom is 0.0412 e. The van der Waals surface area contributed by atoms with E-state index < -0.39 is 0 Å². The molecule has 0 saturated carbocycles. The van der Waals surface area contributed by atoms with Crippen LogP contribution in [0.5, 0.6) is 0 Å². The second kappa shape index (κ2) is 6.42. The van der Waals surface area contributed by atoms with Gasteiger partial charge in [-0.2, -0.15) is 0 Å². The van der Waals surface area contributed by atoms with Crippen LogP contribution in [0.4, 0.5) is 5.69 Å². The molecular formula is C17H28N2. The lowest BCUT2D eigenvalue weighted by molar-refractivity contribution is 0.552. The van der Waals surface area contributed by atoms with Crippen molar-refractivity contribution in [3.8, 4) is 0 Å². The SMILES string of the molecule is Cc1ccc(N2CCC(C)C2)c(CNCC(C)C)c1. The highest BCUT2D eigenvalue weighted by atomic mass is 15.2. The minimum atomic E-state index is 0.708. The first-order chi connectivity index (χ1) is 9.06. The molecule has 1 aromatic rings. The first kappa shape index (κ1) is 14.4. The first-order valence-corrected chi connectivity index (χ1v) is 7.61. The van der Waals surface area contributed by atoms with E-state index in [2.05, 4.69) is 56.1 Å². The van der Waals surface area contributed by atoms with Crippen molar-refractivity contribution in [2.75, 3.05) is 24.5 Å². The predicted octanol–water partition coefficient (Wildman–Crippen LogP) is 3.59. The number of benzene rings is 1. The van der Waals surface area contributed by atoms with E-state index >= 15 is 0 Å². The number of hydrogen-bond acceptors (Lipinski definition) is 2. The lowest BCUT2D eigenvalue weighted by Gasteiger charge is -2.23. The highest BCUT2D eigenvalue weighted by molar-refractivity contribution is 5.55. The molecule has 106 valence electrons. The highest BCUT2D eigenvalue weighted by Crippen LogP contribution is 2.27. The number of anilines is 1. The molecule has 1 aliphatic rings. The summed E-state index contributed by atoms with van der Waals surface area (Å²) in [7, 11) is 0. The Hall–Kier alpha value is -1.02. The van der Waals surface area contributed by atoms with E-state index in [1.54, 1.807) is 0 Å². The molecule has 0 bridgehead atoms. The van der Waals surface area contributed by atoms with Crippen LogP contribution in [0.3, 0.4) is 0 Å². The Bertz CT molecular complexity index is 412. The quantitative estimate of drug-likeness (QED) is 0.870. The van der Waals surface area contributed by atoms with Crippen LogP contribution in [0, 0.1) is 18.8 Å². The lowest BCUT2D eigenvalue weighted by atomic mass is 10.1. The zero-order valence-corrected chi connectivity index (χ0v) is 12.9. The number of hydrogen-bond donors (Lipinski definition) is 1. The zero-order valence-electron chi connectivity index (χ0n) is 12.9. The number of rotatable bonds is 5. The second-order valence-corrected chi connectivity index (χ2v) is 6.50. The fourth-order valence-corrected chi connectivity index (χ4v) is 2.81. The van der Waals surface area contributed by atoms with E-state index in [1.807, 2.05) is 0 Å². The monoisotopic (exact) mass is 260 g/mol. The Morgan fingerprint density at radius 1 is 1.37 bits per heavy atom. The normalized spacial score (nSPS) is 19.4. The molecule has 1 atom stereocenters. The molecule has 1 saturated heterocycles. The molecule has 0 aromatic heterocycles. The number of aryl methyl sites for hydroxylation is 1. The highest BCUT2D eigenvalue weighted by Gasteiger charge is 2.20. The van der Waals surface area contributed by atoms with Crippen molar-refractivity contribution in [3.05, 3.63) is 29.3 Å². The summed E-state index contributed by atoms with van der Waals surface area (Å²) in [4.78, 5) is 2.55. The van der Waals surface area contributed by atoms with E-state index in [0.717, 1.165) is 19.0 Å². The standard InChI is InChI=1S/C17H28N2/c1-13(2)10-18-11-16-9-14(3)5-6-17(16)19-8-7-15(4)12-19/h5-6,9,13,15,18H,7-8,10-12H2,1-4H3. The van der Waals surface area contributed by atoms with E-state index in [0.29, 0.717) is 5.92 Å². The van der Waals surface area contributed by atoms with Crippen LogP contribution in [-0.4, -0.2) is 19.6 Å². The van der Waals surface area contributed by atoms with Crippen LogP contribution in [0.15, 0.2) is 18.2 Å². The van der Waals surface area contributed by atoms with Gasteiger partial charge >= 0.3 is 0 Å². The summed E-state index contributed by atoms with van der Waals surface area (Å²) in [6, 6.07) is 6.88. The molecule has 0 amide bonds. The van der Waals surface area contributed by atoms with Gasteiger partial charge in [0, 0.05) is 25.3 Å². The summed E-state index contributed by atoms with van der Waals surface area (Å²) in [5, 5.41) is 3.58. The van der Waals surface area contributed by atoms with Crippen LogP contribution in [0.1, 0.15) is 38.3 Å². The summed E-state index contributed by atoms with van der Waals surface area (Å²) in [5.74, 6) is 1.54. The van der Waals surface area contributed by atoms with E-state index in [9.17, 15) is 0 Å². The van der Waals surface area contributed by atoms with Gasteiger partial charge in [-0.3, -0.25) is 0 Å². The van der Waals surface area contributed by atoms with Crippen molar-refractivity contribution in [1.29, 1.82) is 0 Å². The average Bonchev–Trinajstić information content (AvgIpc) is 2.75. The van der Waals surface area contributed by atoms with Crippen LogP contribution in [0.25, 0.3) is 0 Å². The smallest absolute Gasteiger partial charge is 0.0412 e. The minimum absolute atomic E-state index is 0.708. The third kappa shape index (κ3) is 3.97. The van der Waals surface area contributed by atoms with Crippen molar-refractivity contribution in [2.24, 2.45) is 11.8 Å². The van der Waals surface area contributed by atoms with Crippen LogP contribution >= 0.6 is 0 Å².